The van der Waals surface area contributed by atoms with Gasteiger partial charge in [-0.2, -0.15) is 4.98 Å². The highest BCUT2D eigenvalue weighted by atomic mass is 16.2. The molecule has 25 heavy (non-hydrogen) atoms. The minimum Gasteiger partial charge on any atom is -0.368 e. The number of likely N-dealkylation sites (tertiary alicyclic amines) is 1. The highest BCUT2D eigenvalue weighted by Gasteiger charge is 2.60. The van der Waals surface area contributed by atoms with Crippen molar-refractivity contribution in [3.63, 3.8) is 0 Å². The number of hydrogen-bond donors (Lipinski definition) is 2. The number of aromatic nitrogens is 2. The van der Waals surface area contributed by atoms with Crippen LogP contribution in [0.25, 0.3) is 0 Å². The molecule has 10 heteroatoms. The molecular weight excluding hydrogens is 328 g/mol. The molecule has 1 unspecified atom stereocenters. The van der Waals surface area contributed by atoms with Crippen molar-refractivity contribution < 1.29 is 19.2 Å². The first kappa shape index (κ1) is 15.5. The third-order valence-electron chi connectivity index (χ3n) is 4.92. The molecule has 4 amide bonds. The molecule has 130 valence electrons. The van der Waals surface area contributed by atoms with Gasteiger partial charge in [-0.15, -0.1) is 0 Å². The first-order valence-corrected chi connectivity index (χ1v) is 7.93. The summed E-state index contributed by atoms with van der Waals surface area (Å²) >= 11 is 0. The van der Waals surface area contributed by atoms with Crippen molar-refractivity contribution in [1.29, 1.82) is 0 Å². The number of imide groups is 2. The minimum absolute atomic E-state index is 0.0562. The van der Waals surface area contributed by atoms with E-state index in [9.17, 15) is 19.2 Å². The molecule has 3 saturated heterocycles. The number of carbonyl (C=O) groups excluding carboxylic acids is 4. The fraction of sp³-hybridized carbons (Fsp3) is 0.467. The molecule has 1 aromatic heterocycles. The molecule has 0 bridgehead atoms. The lowest BCUT2D eigenvalue weighted by atomic mass is 9.78. The Morgan fingerprint density at radius 1 is 1.24 bits per heavy atom. The van der Waals surface area contributed by atoms with Gasteiger partial charge >= 0.3 is 0 Å². The monoisotopic (exact) mass is 344 g/mol. The molecule has 1 aromatic rings. The van der Waals surface area contributed by atoms with Crippen LogP contribution in [0.1, 0.15) is 19.3 Å². The maximum absolute atomic E-state index is 12.8. The molecule has 3 N–H and O–H groups in total. The zero-order valence-corrected chi connectivity index (χ0v) is 13.3. The second kappa shape index (κ2) is 5.23. The second-order valence-electron chi connectivity index (χ2n) is 6.62. The van der Waals surface area contributed by atoms with Gasteiger partial charge in [-0.05, 0) is 12.5 Å². The lowest BCUT2D eigenvalue weighted by Gasteiger charge is -2.46. The highest BCUT2D eigenvalue weighted by Crippen LogP contribution is 2.44. The molecule has 0 aliphatic carbocycles. The van der Waals surface area contributed by atoms with Crippen LogP contribution in [0.15, 0.2) is 12.3 Å². The molecule has 0 radical (unpaired) electrons. The summed E-state index contributed by atoms with van der Waals surface area (Å²) < 4.78 is 0. The Morgan fingerprint density at radius 2 is 2.00 bits per heavy atom. The molecule has 0 saturated carbocycles. The molecule has 0 aromatic carbocycles. The summed E-state index contributed by atoms with van der Waals surface area (Å²) in [5.41, 5.74) is 4.73. The van der Waals surface area contributed by atoms with Crippen LogP contribution in [0.3, 0.4) is 0 Å². The largest absolute Gasteiger partial charge is 0.368 e. The molecule has 10 nitrogen and oxygen atoms in total. The van der Waals surface area contributed by atoms with Crippen molar-refractivity contribution in [2.24, 2.45) is 5.41 Å². The lowest BCUT2D eigenvalue weighted by Crippen LogP contribution is -2.62. The van der Waals surface area contributed by atoms with Gasteiger partial charge in [-0.25, -0.2) is 4.98 Å². The average molecular weight is 344 g/mol. The minimum atomic E-state index is -0.902. The predicted octanol–water partition coefficient (Wildman–Crippen LogP) is -1.57. The zero-order chi connectivity index (χ0) is 17.8. The number of nitrogens with two attached hydrogens (primary N) is 1. The number of rotatable bonds is 2. The Balaban J connectivity index is 1.51. The van der Waals surface area contributed by atoms with Gasteiger partial charge in [-0.3, -0.25) is 29.4 Å². The zero-order valence-electron chi connectivity index (χ0n) is 13.3. The number of piperidine rings is 1. The van der Waals surface area contributed by atoms with Gasteiger partial charge in [-0.1, -0.05) is 0 Å². The number of nitrogens with zero attached hydrogens (tertiary/aromatic N) is 4. The van der Waals surface area contributed by atoms with Gasteiger partial charge in [0, 0.05) is 32.1 Å². The first-order chi connectivity index (χ1) is 11.9. The molecule has 3 aliphatic rings. The van der Waals surface area contributed by atoms with Crippen LogP contribution < -0.4 is 16.0 Å². The van der Waals surface area contributed by atoms with Crippen molar-refractivity contribution in [2.75, 3.05) is 23.7 Å². The van der Waals surface area contributed by atoms with E-state index in [1.54, 1.807) is 6.07 Å². The van der Waals surface area contributed by atoms with Crippen molar-refractivity contribution in [1.82, 2.24) is 20.2 Å². The Kier molecular flexibility index (Phi) is 3.24. The number of nitrogens with one attached hydrogen (secondary N) is 1. The van der Waals surface area contributed by atoms with Gasteiger partial charge in [0.2, 0.25) is 29.6 Å². The predicted molar refractivity (Wildman–Crippen MR) is 83.7 cm³/mol. The quantitative estimate of drug-likeness (QED) is 0.614. The van der Waals surface area contributed by atoms with E-state index in [2.05, 4.69) is 15.3 Å². The van der Waals surface area contributed by atoms with Crippen LogP contribution in [-0.4, -0.2) is 57.6 Å². The van der Waals surface area contributed by atoms with E-state index in [0.29, 0.717) is 18.9 Å². The van der Waals surface area contributed by atoms with Gasteiger partial charge in [0.05, 0.1) is 5.41 Å². The number of amides is 4. The van der Waals surface area contributed by atoms with Crippen molar-refractivity contribution >= 4 is 35.4 Å². The Bertz CT molecular complexity index is 803. The van der Waals surface area contributed by atoms with Crippen LogP contribution in [0, 0.1) is 5.41 Å². The normalized spacial score (nSPS) is 25.4. The number of carbonyl (C=O) groups is 4. The first-order valence-electron chi connectivity index (χ1n) is 7.93. The summed E-state index contributed by atoms with van der Waals surface area (Å²) in [6.45, 7) is 0.662. The SMILES string of the molecule is Nc1nccc(N2CC3(CC(=O)N(C4CCC(=O)NC4=O)C3=O)C2)n1. The molecular formula is C15H16N6O4. The molecule has 1 spiro atoms. The maximum Gasteiger partial charge on any atom is 0.249 e. The van der Waals surface area contributed by atoms with Gasteiger partial charge in [0.25, 0.3) is 0 Å². The molecule has 3 fully saturated rings. The van der Waals surface area contributed by atoms with Crippen LogP contribution >= 0.6 is 0 Å². The highest BCUT2D eigenvalue weighted by molar-refractivity contribution is 6.12. The van der Waals surface area contributed by atoms with Crippen LogP contribution in [-0.2, 0) is 19.2 Å². The van der Waals surface area contributed by atoms with E-state index in [-0.39, 0.29) is 42.9 Å². The van der Waals surface area contributed by atoms with E-state index in [1.807, 2.05) is 4.90 Å². The van der Waals surface area contributed by atoms with Crippen molar-refractivity contribution in [3.05, 3.63) is 12.3 Å². The van der Waals surface area contributed by atoms with E-state index < -0.39 is 17.4 Å². The van der Waals surface area contributed by atoms with Crippen LogP contribution in [0.5, 0.6) is 0 Å². The fourth-order valence-corrected chi connectivity index (χ4v) is 3.70. The molecule has 1 atom stereocenters. The van der Waals surface area contributed by atoms with Crippen molar-refractivity contribution in [2.45, 2.75) is 25.3 Å². The third kappa shape index (κ3) is 2.32. The second-order valence-corrected chi connectivity index (χ2v) is 6.62. The Labute approximate surface area is 142 Å². The molecule has 4 rings (SSSR count). The maximum atomic E-state index is 12.8. The smallest absolute Gasteiger partial charge is 0.249 e. The van der Waals surface area contributed by atoms with Crippen LogP contribution in [0.2, 0.25) is 0 Å². The van der Waals surface area contributed by atoms with Gasteiger partial charge < -0.3 is 10.6 Å². The summed E-state index contributed by atoms with van der Waals surface area (Å²) in [7, 11) is 0. The number of nitrogen functional groups attached to an aromatic ring is 1. The summed E-state index contributed by atoms with van der Waals surface area (Å²) in [6, 6.07) is 0.781. The van der Waals surface area contributed by atoms with E-state index in [1.165, 1.54) is 6.20 Å². The standard InChI is InChI=1S/C15H16N6O4/c16-14-17-4-3-9(18-14)20-6-15(7-20)5-11(23)21(13(15)25)8-1-2-10(22)19-12(8)24/h3-4,8H,1-2,5-7H2,(H2,16,17,18)(H,19,22,24). The lowest BCUT2D eigenvalue weighted by molar-refractivity contribution is -0.152. The summed E-state index contributed by atoms with van der Waals surface area (Å²) in [5.74, 6) is -0.970. The van der Waals surface area contributed by atoms with Crippen LogP contribution in [0.4, 0.5) is 11.8 Å². The molecule has 4 heterocycles. The van der Waals surface area contributed by atoms with E-state index in [4.69, 9.17) is 5.73 Å². The van der Waals surface area contributed by atoms with Crippen molar-refractivity contribution in [3.8, 4) is 0 Å². The summed E-state index contributed by atoms with van der Waals surface area (Å²) in [5, 5.41) is 2.19. The van der Waals surface area contributed by atoms with E-state index >= 15 is 0 Å². The van der Waals surface area contributed by atoms with Gasteiger partial charge in [0.15, 0.2) is 0 Å². The Morgan fingerprint density at radius 3 is 2.68 bits per heavy atom. The van der Waals surface area contributed by atoms with E-state index in [0.717, 1.165) is 4.90 Å². The summed E-state index contributed by atoms with van der Waals surface area (Å²) in [6.07, 6.45) is 1.87. The number of hydrogen-bond acceptors (Lipinski definition) is 8. The van der Waals surface area contributed by atoms with Gasteiger partial charge in [0.1, 0.15) is 11.9 Å². The average Bonchev–Trinajstić information content (AvgIpc) is 2.78. The third-order valence-corrected chi connectivity index (χ3v) is 4.92. The topological polar surface area (TPSA) is 139 Å². The molecule has 3 aliphatic heterocycles. The Hall–Kier alpha value is -3.04. The fourth-order valence-electron chi connectivity index (χ4n) is 3.70. The summed E-state index contributed by atoms with van der Waals surface area (Å²) in [4.78, 5) is 59.3. The number of anilines is 2.